The summed E-state index contributed by atoms with van der Waals surface area (Å²) in [5, 5.41) is 2.98. The summed E-state index contributed by atoms with van der Waals surface area (Å²) in [6.45, 7) is 4.76. The number of nitrogens with one attached hydrogen (secondary N) is 1. The van der Waals surface area contributed by atoms with Crippen molar-refractivity contribution in [1.29, 1.82) is 0 Å². The molecule has 0 radical (unpaired) electrons. The van der Waals surface area contributed by atoms with Crippen molar-refractivity contribution in [2.75, 3.05) is 39.8 Å². The van der Waals surface area contributed by atoms with Crippen molar-refractivity contribution in [1.82, 2.24) is 15.1 Å². The Bertz CT molecular complexity index is 720. The summed E-state index contributed by atoms with van der Waals surface area (Å²) in [5.41, 5.74) is 2.18. The molecule has 1 saturated heterocycles. The highest BCUT2D eigenvalue weighted by Crippen LogP contribution is 2.24. The Kier molecular flexibility index (Phi) is 6.96. The number of nitrogens with zero attached hydrogens (tertiary/aromatic N) is 2. The molecule has 0 saturated carbocycles. The summed E-state index contributed by atoms with van der Waals surface area (Å²) >= 11 is 0. The van der Waals surface area contributed by atoms with E-state index in [1.807, 2.05) is 0 Å². The maximum Gasteiger partial charge on any atom is 0.224 e. The first-order valence-corrected chi connectivity index (χ1v) is 9.60. The average Bonchev–Trinajstić information content (AvgIpc) is 2.68. The van der Waals surface area contributed by atoms with Crippen LogP contribution >= 0.6 is 0 Å². The van der Waals surface area contributed by atoms with Gasteiger partial charge in [0, 0.05) is 38.8 Å². The zero-order valence-electron chi connectivity index (χ0n) is 15.9. The highest BCUT2D eigenvalue weighted by molar-refractivity contribution is 5.78. The molecule has 1 aliphatic rings. The molecule has 1 amide bonds. The van der Waals surface area contributed by atoms with Gasteiger partial charge >= 0.3 is 0 Å². The van der Waals surface area contributed by atoms with Gasteiger partial charge in [0.05, 0.1) is 6.42 Å². The first kappa shape index (κ1) is 19.5. The number of likely N-dealkylation sites (N-methyl/N-ethyl adjacent to an activating group) is 1. The highest BCUT2D eigenvalue weighted by atomic mass is 19.1. The van der Waals surface area contributed by atoms with E-state index in [0.717, 1.165) is 38.2 Å². The van der Waals surface area contributed by atoms with Gasteiger partial charge < -0.3 is 10.2 Å². The number of carbonyl (C=O) groups excluding carboxylic acids is 1. The van der Waals surface area contributed by atoms with Crippen molar-refractivity contribution in [3.63, 3.8) is 0 Å². The number of carbonyl (C=O) groups is 1. The van der Waals surface area contributed by atoms with Crippen molar-refractivity contribution in [3.05, 3.63) is 71.5 Å². The van der Waals surface area contributed by atoms with Crippen LogP contribution in [0.1, 0.15) is 23.6 Å². The highest BCUT2D eigenvalue weighted by Gasteiger charge is 2.25. The molecule has 5 heteroatoms. The minimum absolute atomic E-state index is 0.0143. The van der Waals surface area contributed by atoms with Crippen LogP contribution in [0.15, 0.2) is 54.6 Å². The number of rotatable bonds is 7. The largest absolute Gasteiger partial charge is 0.356 e. The summed E-state index contributed by atoms with van der Waals surface area (Å²) in [6.07, 6.45) is 1.21. The van der Waals surface area contributed by atoms with Gasteiger partial charge in [0.1, 0.15) is 5.82 Å². The standard InChI is InChI=1S/C22H28FN3O/c1-25-14-15-26(21(17-25)19-6-3-2-4-7-19)13-5-12-24-22(27)16-18-8-10-20(23)11-9-18/h2-4,6-11,21H,5,12-17H2,1H3,(H,24,27)/t21-/m1/s1. The maximum absolute atomic E-state index is 12.9. The molecule has 0 bridgehead atoms. The van der Waals surface area contributed by atoms with Gasteiger partial charge in [0.15, 0.2) is 0 Å². The monoisotopic (exact) mass is 369 g/mol. The van der Waals surface area contributed by atoms with Gasteiger partial charge in [-0.25, -0.2) is 4.39 Å². The number of halogens is 1. The van der Waals surface area contributed by atoms with Crippen LogP contribution in [0.2, 0.25) is 0 Å². The Labute approximate surface area is 161 Å². The summed E-state index contributed by atoms with van der Waals surface area (Å²) in [4.78, 5) is 16.9. The fraction of sp³-hybridized carbons (Fsp3) is 0.409. The SMILES string of the molecule is CN1CCN(CCCNC(=O)Cc2ccc(F)cc2)[C@@H](c2ccccc2)C1. The molecule has 4 nitrogen and oxygen atoms in total. The van der Waals surface area contributed by atoms with Crippen LogP contribution in [-0.2, 0) is 11.2 Å². The van der Waals surface area contributed by atoms with Crippen LogP contribution in [0.3, 0.4) is 0 Å². The molecule has 1 atom stereocenters. The molecule has 2 aromatic rings. The summed E-state index contributed by atoms with van der Waals surface area (Å²) < 4.78 is 12.9. The van der Waals surface area contributed by atoms with Gasteiger partial charge in [0.25, 0.3) is 0 Å². The molecule has 0 aromatic heterocycles. The zero-order chi connectivity index (χ0) is 19.1. The third-order valence-electron chi connectivity index (χ3n) is 5.10. The number of hydrogen-bond donors (Lipinski definition) is 1. The molecule has 1 fully saturated rings. The molecule has 0 spiro atoms. The predicted molar refractivity (Wildman–Crippen MR) is 106 cm³/mol. The molecule has 1 N–H and O–H groups in total. The van der Waals surface area contributed by atoms with Crippen LogP contribution in [0.4, 0.5) is 4.39 Å². The Balaban J connectivity index is 1.44. The maximum atomic E-state index is 12.9. The van der Waals surface area contributed by atoms with Crippen LogP contribution in [0.25, 0.3) is 0 Å². The number of hydrogen-bond acceptors (Lipinski definition) is 3. The normalized spacial score (nSPS) is 18.4. The smallest absolute Gasteiger partial charge is 0.224 e. The van der Waals surface area contributed by atoms with E-state index < -0.39 is 0 Å². The van der Waals surface area contributed by atoms with Crippen molar-refractivity contribution in [3.8, 4) is 0 Å². The lowest BCUT2D eigenvalue weighted by molar-refractivity contribution is -0.120. The molecule has 0 unspecified atom stereocenters. The van der Waals surface area contributed by atoms with Crippen molar-refractivity contribution >= 4 is 5.91 Å². The van der Waals surface area contributed by atoms with E-state index in [1.54, 1.807) is 12.1 Å². The van der Waals surface area contributed by atoms with E-state index in [-0.39, 0.29) is 11.7 Å². The van der Waals surface area contributed by atoms with Gasteiger partial charge in [-0.1, -0.05) is 42.5 Å². The second-order valence-corrected chi connectivity index (χ2v) is 7.23. The number of amides is 1. The Hall–Kier alpha value is -2.24. The number of benzene rings is 2. The third-order valence-corrected chi connectivity index (χ3v) is 5.10. The van der Waals surface area contributed by atoms with E-state index in [9.17, 15) is 9.18 Å². The second kappa shape index (κ2) is 9.62. The topological polar surface area (TPSA) is 35.6 Å². The van der Waals surface area contributed by atoms with Gasteiger partial charge in [-0.05, 0) is 36.7 Å². The van der Waals surface area contributed by atoms with E-state index in [2.05, 4.69) is 52.5 Å². The zero-order valence-corrected chi connectivity index (χ0v) is 15.9. The molecule has 1 aliphatic heterocycles. The predicted octanol–water partition coefficient (Wildman–Crippen LogP) is 2.86. The summed E-state index contributed by atoms with van der Waals surface area (Å²) in [5.74, 6) is -0.293. The molecule has 27 heavy (non-hydrogen) atoms. The van der Waals surface area contributed by atoms with Gasteiger partial charge in [0.2, 0.25) is 5.91 Å². The van der Waals surface area contributed by atoms with Crippen LogP contribution in [0.5, 0.6) is 0 Å². The first-order valence-electron chi connectivity index (χ1n) is 9.60. The second-order valence-electron chi connectivity index (χ2n) is 7.23. The first-order chi connectivity index (χ1) is 13.1. The quantitative estimate of drug-likeness (QED) is 0.763. The van der Waals surface area contributed by atoms with Gasteiger partial charge in [-0.2, -0.15) is 0 Å². The summed E-state index contributed by atoms with van der Waals surface area (Å²) in [6, 6.07) is 17.1. The fourth-order valence-electron chi connectivity index (χ4n) is 3.58. The van der Waals surface area contributed by atoms with E-state index in [0.29, 0.717) is 19.0 Å². The van der Waals surface area contributed by atoms with E-state index in [1.165, 1.54) is 17.7 Å². The summed E-state index contributed by atoms with van der Waals surface area (Å²) in [7, 11) is 2.17. The van der Waals surface area contributed by atoms with Gasteiger partial charge in [-0.3, -0.25) is 9.69 Å². The van der Waals surface area contributed by atoms with Crippen LogP contribution in [0, 0.1) is 5.82 Å². The average molecular weight is 369 g/mol. The molecule has 2 aromatic carbocycles. The van der Waals surface area contributed by atoms with Crippen molar-refractivity contribution < 1.29 is 9.18 Å². The Morgan fingerprint density at radius 3 is 2.59 bits per heavy atom. The van der Waals surface area contributed by atoms with Crippen LogP contribution < -0.4 is 5.32 Å². The molecular formula is C22H28FN3O. The Morgan fingerprint density at radius 2 is 1.85 bits per heavy atom. The van der Waals surface area contributed by atoms with Crippen LogP contribution in [-0.4, -0.2) is 55.5 Å². The molecular weight excluding hydrogens is 341 g/mol. The van der Waals surface area contributed by atoms with Crippen molar-refractivity contribution in [2.45, 2.75) is 18.9 Å². The fourth-order valence-corrected chi connectivity index (χ4v) is 3.58. The molecule has 0 aliphatic carbocycles. The minimum Gasteiger partial charge on any atom is -0.356 e. The number of piperazine rings is 1. The lowest BCUT2D eigenvalue weighted by Crippen LogP contribution is -2.47. The molecule has 3 rings (SSSR count). The van der Waals surface area contributed by atoms with E-state index in [4.69, 9.17) is 0 Å². The Morgan fingerprint density at radius 1 is 1.11 bits per heavy atom. The molecule has 144 valence electrons. The van der Waals surface area contributed by atoms with Gasteiger partial charge in [-0.15, -0.1) is 0 Å². The lowest BCUT2D eigenvalue weighted by Gasteiger charge is -2.40. The lowest BCUT2D eigenvalue weighted by atomic mass is 10.0. The minimum atomic E-state index is -0.278. The van der Waals surface area contributed by atoms with Crippen molar-refractivity contribution in [2.24, 2.45) is 0 Å². The molecule has 1 heterocycles. The van der Waals surface area contributed by atoms with E-state index >= 15 is 0 Å². The third kappa shape index (κ3) is 5.88.